The maximum absolute atomic E-state index is 2.42. The monoisotopic (exact) mass is 1100 g/mol. The van der Waals surface area contributed by atoms with E-state index in [1.54, 1.807) is 0 Å². The molecule has 0 rings (SSSR count). The molecule has 78 heavy (non-hydrogen) atoms. The molecule has 0 saturated carbocycles. The molecule has 0 heteroatoms. The minimum atomic E-state index is 0.882. The van der Waals surface area contributed by atoms with E-state index in [9.17, 15) is 0 Å². The van der Waals surface area contributed by atoms with E-state index in [0.717, 1.165) is 30.1 Å². The van der Waals surface area contributed by atoms with Gasteiger partial charge in [-0.15, -0.1) is 0 Å². The summed E-state index contributed by atoms with van der Waals surface area (Å²) >= 11 is 0. The lowest BCUT2D eigenvalue weighted by molar-refractivity contribution is 0.502. The van der Waals surface area contributed by atoms with Crippen LogP contribution in [0.5, 0.6) is 0 Å². The van der Waals surface area contributed by atoms with Gasteiger partial charge in [-0.25, -0.2) is 0 Å². The molecule has 0 aromatic heterocycles. The Bertz CT molecular complexity index is 1040. The summed E-state index contributed by atoms with van der Waals surface area (Å²) in [6.45, 7) is 27.8. The lowest BCUT2D eigenvalue weighted by atomic mass is 10.0. The third kappa shape index (κ3) is 97.4. The molecule has 0 atom stereocenters. The maximum atomic E-state index is 2.42. The van der Waals surface area contributed by atoms with Gasteiger partial charge in [0.1, 0.15) is 0 Å². The van der Waals surface area contributed by atoms with Crippen molar-refractivity contribution in [2.24, 2.45) is 23.7 Å². The average molecular weight is 1100 g/mol. The van der Waals surface area contributed by atoms with Crippen LogP contribution in [0, 0.1) is 23.7 Å². The Balaban J connectivity index is -0.000000468. The molecule has 0 unspecified atom stereocenters. The van der Waals surface area contributed by atoms with Crippen molar-refractivity contribution < 1.29 is 0 Å². The first-order valence-corrected chi connectivity index (χ1v) is 37.0. The first kappa shape index (κ1) is 83.7. The zero-order valence-corrected chi connectivity index (χ0v) is 57.4. The van der Waals surface area contributed by atoms with Crippen molar-refractivity contribution in [1.82, 2.24) is 0 Å². The number of rotatable bonds is 59. The molecule has 470 valence electrons. The topological polar surface area (TPSA) is 0 Å². The molecule has 0 radical (unpaired) electrons. The molecule has 0 spiro atoms. The normalized spacial score (nSPS) is 11.7. The summed E-state index contributed by atoms with van der Waals surface area (Å²) < 4.78 is 0. The van der Waals surface area contributed by atoms with Crippen molar-refractivity contribution in [3.05, 3.63) is 36.5 Å². The van der Waals surface area contributed by atoms with Gasteiger partial charge in [0.25, 0.3) is 0 Å². The first-order chi connectivity index (χ1) is 38.1. The van der Waals surface area contributed by atoms with E-state index >= 15 is 0 Å². The first-order valence-electron chi connectivity index (χ1n) is 37.0. The van der Waals surface area contributed by atoms with E-state index < -0.39 is 0 Å². The van der Waals surface area contributed by atoms with Gasteiger partial charge in [0, 0.05) is 0 Å². The minimum absolute atomic E-state index is 0.882. The lowest BCUT2D eigenvalue weighted by Gasteiger charge is -2.05. The highest BCUT2D eigenvalue weighted by atomic mass is 14.1. The highest BCUT2D eigenvalue weighted by molar-refractivity contribution is 4.92. The van der Waals surface area contributed by atoms with Crippen molar-refractivity contribution in [3.8, 4) is 0 Å². The predicted molar refractivity (Wildman–Crippen MR) is 368 cm³/mol. The molecule has 0 aromatic carbocycles. The van der Waals surface area contributed by atoms with Crippen molar-refractivity contribution >= 4 is 0 Å². The molecular weight excluding hydrogens is 937 g/mol. The zero-order valence-electron chi connectivity index (χ0n) is 57.4. The van der Waals surface area contributed by atoms with Crippen LogP contribution in [0.25, 0.3) is 0 Å². The van der Waals surface area contributed by atoms with Gasteiger partial charge in [-0.05, 0) is 81.5 Å². The second-order valence-electron chi connectivity index (χ2n) is 26.7. The van der Waals surface area contributed by atoms with E-state index in [0.29, 0.717) is 0 Å². The Hall–Kier alpha value is -0.780. The largest absolute Gasteiger partial charge is 0.0885 e. The van der Waals surface area contributed by atoms with Crippen LogP contribution in [0.1, 0.15) is 443 Å². The number of hydrogen-bond donors (Lipinski definition) is 0. The molecule has 0 saturated heterocycles. The summed E-state index contributed by atoms with van der Waals surface area (Å²) in [6, 6.07) is 0. The quantitative estimate of drug-likeness (QED) is 0.0421. The molecular formula is C78H158. The molecule has 0 fully saturated rings. The van der Waals surface area contributed by atoms with Crippen LogP contribution in [-0.4, -0.2) is 0 Å². The standard InChI is InChI=1S/C20H42.C20H40.C20H38.C18H38/c3*1-4-5-6-7-8-9-10-11-12-13-14-15-16-17-18-19-20(2)3;1-4-5-6-7-8-9-10-11-12-13-14-15-16-17-18(2)3/h20H,4-19H2,1-3H3;11-12,20H,4-10,13-19H2,1-3H3;8-9,11-12,20H,4-7,10,13-19H2,1-3H3;18H,4-17H2,1-3H3/b;12-11-;9-8-,12-11-;. The Labute approximate surface area is 500 Å². The highest BCUT2D eigenvalue weighted by Crippen LogP contribution is 2.18. The SMILES string of the molecule is CCCCC/C=C\C/C=C\CCCCCCCC(C)C.CCCCCCCC/C=C\CCCCCCCC(C)C.CCCCCCCCCCCCCCCC(C)C.CCCCCCCCCCCCCCCCCC(C)C. The summed E-state index contributed by atoms with van der Waals surface area (Å²) in [4.78, 5) is 0. The van der Waals surface area contributed by atoms with Crippen LogP contribution in [0.3, 0.4) is 0 Å². The van der Waals surface area contributed by atoms with Crippen molar-refractivity contribution in [2.45, 2.75) is 443 Å². The van der Waals surface area contributed by atoms with Crippen molar-refractivity contribution in [2.75, 3.05) is 0 Å². The van der Waals surface area contributed by atoms with E-state index in [1.165, 1.54) is 353 Å². The molecule has 0 aliphatic rings. The molecule has 0 heterocycles. The molecule has 0 nitrogen and oxygen atoms in total. The maximum Gasteiger partial charge on any atom is -0.0169 e. The molecule has 0 aliphatic carbocycles. The van der Waals surface area contributed by atoms with Crippen molar-refractivity contribution in [3.63, 3.8) is 0 Å². The van der Waals surface area contributed by atoms with Gasteiger partial charge in [0.05, 0.1) is 0 Å². The fraction of sp³-hybridized carbons (Fsp3) is 0.923. The predicted octanol–water partition coefficient (Wildman–Crippen LogP) is 30.2. The zero-order chi connectivity index (χ0) is 58.2. The molecule has 0 aliphatic heterocycles. The van der Waals surface area contributed by atoms with E-state index in [-0.39, 0.29) is 0 Å². The number of allylic oxidation sites excluding steroid dienone is 6. The van der Waals surface area contributed by atoms with E-state index in [2.05, 4.69) is 120 Å². The summed E-state index contributed by atoms with van der Waals surface area (Å²) in [5.41, 5.74) is 0. The van der Waals surface area contributed by atoms with Crippen LogP contribution in [0.2, 0.25) is 0 Å². The third-order valence-corrected chi connectivity index (χ3v) is 16.0. The van der Waals surface area contributed by atoms with Gasteiger partial charge in [0.2, 0.25) is 0 Å². The second kappa shape index (κ2) is 80.4. The summed E-state index contributed by atoms with van der Waals surface area (Å²) in [5.74, 6) is 3.57. The summed E-state index contributed by atoms with van der Waals surface area (Å²) in [6.07, 6.45) is 94.0. The highest BCUT2D eigenvalue weighted by Gasteiger charge is 1.99. The fourth-order valence-electron chi connectivity index (χ4n) is 10.5. The lowest BCUT2D eigenvalue weighted by Crippen LogP contribution is -1.87. The molecule has 0 amide bonds. The van der Waals surface area contributed by atoms with Gasteiger partial charge in [0.15, 0.2) is 0 Å². The Morgan fingerprint density at radius 2 is 0.308 bits per heavy atom. The molecule has 0 N–H and O–H groups in total. The van der Waals surface area contributed by atoms with Gasteiger partial charge in [-0.2, -0.15) is 0 Å². The third-order valence-electron chi connectivity index (χ3n) is 16.0. The van der Waals surface area contributed by atoms with Crippen LogP contribution in [-0.2, 0) is 0 Å². The summed E-state index contributed by atoms with van der Waals surface area (Å²) in [7, 11) is 0. The van der Waals surface area contributed by atoms with Gasteiger partial charge in [-0.1, -0.05) is 421 Å². The van der Waals surface area contributed by atoms with Crippen LogP contribution < -0.4 is 0 Å². The van der Waals surface area contributed by atoms with Crippen LogP contribution in [0.15, 0.2) is 36.5 Å². The van der Waals surface area contributed by atoms with Crippen LogP contribution in [0.4, 0.5) is 0 Å². The second-order valence-corrected chi connectivity index (χ2v) is 26.7. The Morgan fingerprint density at radius 3 is 0.500 bits per heavy atom. The smallest absolute Gasteiger partial charge is 0.0169 e. The molecule has 0 aromatic rings. The fourth-order valence-corrected chi connectivity index (χ4v) is 10.5. The van der Waals surface area contributed by atoms with Crippen molar-refractivity contribution in [1.29, 1.82) is 0 Å². The molecule has 0 bridgehead atoms. The van der Waals surface area contributed by atoms with E-state index in [4.69, 9.17) is 0 Å². The van der Waals surface area contributed by atoms with Gasteiger partial charge >= 0.3 is 0 Å². The Morgan fingerprint density at radius 1 is 0.167 bits per heavy atom. The summed E-state index contributed by atoms with van der Waals surface area (Å²) in [5, 5.41) is 0. The average Bonchev–Trinajstić information content (AvgIpc) is 3.41. The number of unbranched alkanes of at least 4 members (excludes halogenated alkanes) is 45. The van der Waals surface area contributed by atoms with Crippen LogP contribution >= 0.6 is 0 Å². The minimum Gasteiger partial charge on any atom is -0.0885 e. The Kier molecular flexibility index (Phi) is 86.3. The van der Waals surface area contributed by atoms with Gasteiger partial charge in [-0.3, -0.25) is 0 Å². The number of hydrogen-bond acceptors (Lipinski definition) is 0. The van der Waals surface area contributed by atoms with Gasteiger partial charge < -0.3 is 0 Å². The van der Waals surface area contributed by atoms with E-state index in [1.807, 2.05) is 0 Å².